The Morgan fingerprint density at radius 2 is 2.13 bits per heavy atom. The zero-order chi connectivity index (χ0) is 10.5. The van der Waals surface area contributed by atoms with E-state index in [1.165, 1.54) is 12.8 Å². The SMILES string of the molecule is OC(CN1CCOCC1)C1CCCCN1. The third-order valence-electron chi connectivity index (χ3n) is 3.36. The molecule has 0 aromatic rings. The van der Waals surface area contributed by atoms with E-state index < -0.39 is 0 Å². The lowest BCUT2D eigenvalue weighted by molar-refractivity contribution is 0.00409. The van der Waals surface area contributed by atoms with Crippen LogP contribution in [0.15, 0.2) is 0 Å². The van der Waals surface area contributed by atoms with E-state index in [0.29, 0.717) is 6.04 Å². The predicted octanol–water partition coefficient (Wildman–Crippen LogP) is -0.178. The predicted molar refractivity (Wildman–Crippen MR) is 58.9 cm³/mol. The monoisotopic (exact) mass is 214 g/mol. The van der Waals surface area contributed by atoms with Crippen LogP contribution in [0.4, 0.5) is 0 Å². The van der Waals surface area contributed by atoms with Gasteiger partial charge in [0.15, 0.2) is 0 Å². The Morgan fingerprint density at radius 3 is 2.80 bits per heavy atom. The summed E-state index contributed by atoms with van der Waals surface area (Å²) in [6, 6.07) is 0.307. The fraction of sp³-hybridized carbons (Fsp3) is 1.00. The van der Waals surface area contributed by atoms with Crippen molar-refractivity contribution in [2.75, 3.05) is 39.4 Å². The van der Waals surface area contributed by atoms with Crippen molar-refractivity contribution in [1.82, 2.24) is 10.2 Å². The van der Waals surface area contributed by atoms with E-state index in [4.69, 9.17) is 4.74 Å². The summed E-state index contributed by atoms with van der Waals surface area (Å²) in [5.74, 6) is 0. The number of hydrogen-bond donors (Lipinski definition) is 2. The highest BCUT2D eigenvalue weighted by atomic mass is 16.5. The first-order chi connectivity index (χ1) is 7.36. The molecule has 2 unspecified atom stereocenters. The van der Waals surface area contributed by atoms with Gasteiger partial charge in [-0.15, -0.1) is 0 Å². The first-order valence-electron chi connectivity index (χ1n) is 6.08. The first kappa shape index (κ1) is 11.3. The van der Waals surface area contributed by atoms with Crippen molar-refractivity contribution in [3.05, 3.63) is 0 Å². The molecular weight excluding hydrogens is 192 g/mol. The molecule has 2 rings (SSSR count). The lowest BCUT2D eigenvalue weighted by atomic mass is 9.99. The highest BCUT2D eigenvalue weighted by Gasteiger charge is 2.23. The second-order valence-electron chi connectivity index (χ2n) is 4.54. The topological polar surface area (TPSA) is 44.7 Å². The minimum atomic E-state index is -0.219. The Morgan fingerprint density at radius 1 is 1.33 bits per heavy atom. The van der Waals surface area contributed by atoms with E-state index in [1.807, 2.05) is 0 Å². The summed E-state index contributed by atoms with van der Waals surface area (Å²) in [4.78, 5) is 2.30. The zero-order valence-electron chi connectivity index (χ0n) is 9.32. The van der Waals surface area contributed by atoms with E-state index in [1.54, 1.807) is 0 Å². The number of hydrogen-bond acceptors (Lipinski definition) is 4. The maximum Gasteiger partial charge on any atom is 0.0819 e. The number of ether oxygens (including phenoxy) is 1. The van der Waals surface area contributed by atoms with Crippen LogP contribution in [0.2, 0.25) is 0 Å². The molecule has 0 aromatic carbocycles. The molecule has 2 fully saturated rings. The Hall–Kier alpha value is -0.160. The second-order valence-corrected chi connectivity index (χ2v) is 4.54. The van der Waals surface area contributed by atoms with Gasteiger partial charge in [0.25, 0.3) is 0 Å². The number of aliphatic hydroxyl groups is 1. The fourth-order valence-electron chi connectivity index (χ4n) is 2.38. The number of morpholine rings is 1. The van der Waals surface area contributed by atoms with Crippen molar-refractivity contribution in [3.8, 4) is 0 Å². The van der Waals surface area contributed by atoms with Gasteiger partial charge >= 0.3 is 0 Å². The Kier molecular flexibility index (Phi) is 4.38. The Bertz CT molecular complexity index is 177. The highest BCUT2D eigenvalue weighted by Crippen LogP contribution is 2.11. The highest BCUT2D eigenvalue weighted by molar-refractivity contribution is 4.82. The lowest BCUT2D eigenvalue weighted by Crippen LogP contribution is -2.50. The molecule has 0 bridgehead atoms. The molecule has 2 saturated heterocycles. The number of β-amino-alcohol motifs (C(OH)–C–C–N with tert-alkyl or cyclic N) is 1. The minimum absolute atomic E-state index is 0.219. The van der Waals surface area contributed by atoms with Gasteiger partial charge in [0.1, 0.15) is 0 Å². The molecule has 2 heterocycles. The van der Waals surface area contributed by atoms with Crippen LogP contribution in [0, 0.1) is 0 Å². The van der Waals surface area contributed by atoms with Crippen LogP contribution in [0.25, 0.3) is 0 Å². The van der Waals surface area contributed by atoms with E-state index in [9.17, 15) is 5.11 Å². The van der Waals surface area contributed by atoms with Crippen LogP contribution in [0.5, 0.6) is 0 Å². The van der Waals surface area contributed by atoms with E-state index >= 15 is 0 Å². The standard InChI is InChI=1S/C11H22N2O2/c14-11(10-3-1-2-4-12-10)9-13-5-7-15-8-6-13/h10-12,14H,1-9H2. The molecule has 2 aliphatic rings. The van der Waals surface area contributed by atoms with E-state index in [2.05, 4.69) is 10.2 Å². The largest absolute Gasteiger partial charge is 0.390 e. The van der Waals surface area contributed by atoms with Crippen molar-refractivity contribution in [2.45, 2.75) is 31.4 Å². The Balaban J connectivity index is 1.72. The summed E-state index contributed by atoms with van der Waals surface area (Å²) in [5.41, 5.74) is 0. The van der Waals surface area contributed by atoms with Crippen molar-refractivity contribution < 1.29 is 9.84 Å². The summed E-state index contributed by atoms with van der Waals surface area (Å²) in [5, 5.41) is 13.5. The first-order valence-corrected chi connectivity index (χ1v) is 6.08. The van der Waals surface area contributed by atoms with Gasteiger partial charge in [-0.1, -0.05) is 6.42 Å². The van der Waals surface area contributed by atoms with Crippen LogP contribution in [0.1, 0.15) is 19.3 Å². The minimum Gasteiger partial charge on any atom is -0.390 e. The van der Waals surface area contributed by atoms with Crippen molar-refractivity contribution in [2.24, 2.45) is 0 Å². The second kappa shape index (κ2) is 5.80. The molecule has 2 atom stereocenters. The van der Waals surface area contributed by atoms with Gasteiger partial charge in [0, 0.05) is 25.7 Å². The third-order valence-corrected chi connectivity index (χ3v) is 3.36. The van der Waals surface area contributed by atoms with Crippen molar-refractivity contribution >= 4 is 0 Å². The van der Waals surface area contributed by atoms with E-state index in [-0.39, 0.29) is 6.10 Å². The van der Waals surface area contributed by atoms with Crippen LogP contribution < -0.4 is 5.32 Å². The molecule has 2 aliphatic heterocycles. The number of piperidine rings is 1. The molecule has 0 aromatic heterocycles. The fourth-order valence-corrected chi connectivity index (χ4v) is 2.38. The van der Waals surface area contributed by atoms with Crippen LogP contribution in [-0.2, 0) is 4.74 Å². The number of aliphatic hydroxyl groups excluding tert-OH is 1. The third kappa shape index (κ3) is 3.41. The lowest BCUT2D eigenvalue weighted by Gasteiger charge is -2.33. The molecule has 4 heteroatoms. The molecule has 0 aliphatic carbocycles. The normalized spacial score (nSPS) is 31.4. The van der Waals surface area contributed by atoms with Gasteiger partial charge in [0.2, 0.25) is 0 Å². The summed E-state index contributed by atoms with van der Waals surface area (Å²) < 4.78 is 5.29. The number of nitrogens with zero attached hydrogens (tertiary/aromatic N) is 1. The summed E-state index contributed by atoms with van der Waals surface area (Å²) in [6.45, 7) is 5.40. The average molecular weight is 214 g/mol. The number of nitrogens with one attached hydrogen (secondary N) is 1. The van der Waals surface area contributed by atoms with Crippen molar-refractivity contribution in [3.63, 3.8) is 0 Å². The molecule has 0 amide bonds. The quantitative estimate of drug-likeness (QED) is 0.684. The van der Waals surface area contributed by atoms with Gasteiger partial charge in [-0.25, -0.2) is 0 Å². The molecule has 0 spiro atoms. The maximum atomic E-state index is 10.1. The summed E-state index contributed by atoms with van der Waals surface area (Å²) in [7, 11) is 0. The molecular formula is C11H22N2O2. The molecule has 88 valence electrons. The van der Waals surface area contributed by atoms with Crippen molar-refractivity contribution in [1.29, 1.82) is 0 Å². The molecule has 4 nitrogen and oxygen atoms in total. The molecule has 15 heavy (non-hydrogen) atoms. The van der Waals surface area contributed by atoms with Gasteiger partial charge in [-0.05, 0) is 19.4 Å². The smallest absolute Gasteiger partial charge is 0.0819 e. The Labute approximate surface area is 91.6 Å². The molecule has 2 N–H and O–H groups in total. The zero-order valence-corrected chi connectivity index (χ0v) is 9.32. The number of rotatable bonds is 3. The van der Waals surface area contributed by atoms with Crippen LogP contribution >= 0.6 is 0 Å². The van der Waals surface area contributed by atoms with Gasteiger partial charge < -0.3 is 15.2 Å². The van der Waals surface area contributed by atoms with Gasteiger partial charge in [0.05, 0.1) is 19.3 Å². The van der Waals surface area contributed by atoms with Gasteiger partial charge in [-0.2, -0.15) is 0 Å². The summed E-state index contributed by atoms with van der Waals surface area (Å²) in [6.07, 6.45) is 3.40. The molecule has 0 radical (unpaired) electrons. The molecule has 0 saturated carbocycles. The van der Waals surface area contributed by atoms with Gasteiger partial charge in [-0.3, -0.25) is 4.90 Å². The van der Waals surface area contributed by atoms with Crippen LogP contribution in [0.3, 0.4) is 0 Å². The van der Waals surface area contributed by atoms with Crippen LogP contribution in [-0.4, -0.2) is 61.5 Å². The maximum absolute atomic E-state index is 10.1. The summed E-state index contributed by atoms with van der Waals surface area (Å²) >= 11 is 0. The average Bonchev–Trinajstić information content (AvgIpc) is 2.31. The van der Waals surface area contributed by atoms with E-state index in [0.717, 1.165) is 45.8 Å².